The van der Waals surface area contributed by atoms with Crippen LogP contribution in [0.4, 0.5) is 17.1 Å². The first-order valence-electron chi connectivity index (χ1n) is 10.2. The van der Waals surface area contributed by atoms with E-state index in [1.807, 2.05) is 12.1 Å². The third kappa shape index (κ3) is 6.93. The van der Waals surface area contributed by atoms with E-state index in [-0.39, 0.29) is 34.7 Å². The summed E-state index contributed by atoms with van der Waals surface area (Å²) in [5.41, 5.74) is 9.40. The molecule has 3 aromatic carbocycles. The number of thiocarbonyl (C=S) groups is 1. The van der Waals surface area contributed by atoms with Crippen molar-refractivity contribution < 1.29 is 9.59 Å². The Morgan fingerprint density at radius 1 is 0.912 bits per heavy atom. The van der Waals surface area contributed by atoms with Gasteiger partial charge in [-0.05, 0) is 65.7 Å². The maximum absolute atomic E-state index is 12.5. The average molecular weight is 517 g/mol. The molecule has 178 valence electrons. The van der Waals surface area contributed by atoms with Gasteiger partial charge in [0.15, 0.2) is 5.11 Å². The molecule has 3 aromatic rings. The number of nitrogen functional groups attached to an aromatic ring is 1. The van der Waals surface area contributed by atoms with E-state index < -0.39 is 0 Å². The van der Waals surface area contributed by atoms with E-state index in [1.165, 1.54) is 0 Å². The lowest BCUT2D eigenvalue weighted by molar-refractivity contribution is 0.0976. The summed E-state index contributed by atoms with van der Waals surface area (Å²) in [5.74, 6) is -0.683. The molecule has 0 aliphatic heterocycles. The van der Waals surface area contributed by atoms with Crippen molar-refractivity contribution in [1.82, 2.24) is 5.32 Å². The first-order chi connectivity index (χ1) is 15.5. The van der Waals surface area contributed by atoms with Crippen molar-refractivity contribution in [2.24, 2.45) is 0 Å². The van der Waals surface area contributed by atoms with Crippen molar-refractivity contribution >= 4 is 70.2 Å². The van der Waals surface area contributed by atoms with Crippen molar-refractivity contribution in [3.8, 4) is 0 Å². The monoisotopic (exact) mass is 516 g/mol. The molecule has 0 unspecified atom stereocenters. The summed E-state index contributed by atoms with van der Waals surface area (Å²) < 4.78 is 0. The Bertz CT molecular complexity index is 1210. The number of amides is 2. The molecular formula is C25H26Cl2N4O2S. The van der Waals surface area contributed by atoms with Gasteiger partial charge in [0.25, 0.3) is 11.8 Å². The molecule has 0 atom stereocenters. The summed E-state index contributed by atoms with van der Waals surface area (Å²) in [6, 6.07) is 19.1. The number of hydrogen-bond donors (Lipinski definition) is 4. The van der Waals surface area contributed by atoms with Gasteiger partial charge in [0.05, 0.1) is 22.0 Å². The van der Waals surface area contributed by atoms with Crippen LogP contribution in [0, 0.1) is 0 Å². The van der Waals surface area contributed by atoms with E-state index in [4.69, 9.17) is 29.6 Å². The molecule has 0 saturated heterocycles. The minimum absolute atomic E-state index is 0. The SMILES string of the molecule is CC(C)(C)c1ccc(C(=O)NC(=S)Nc2ccc(NC(=O)c3ccccc3Cl)c(N)c2)cc1.Cl. The number of carbonyl (C=O) groups excluding carboxylic acids is 2. The zero-order valence-corrected chi connectivity index (χ0v) is 21.3. The lowest BCUT2D eigenvalue weighted by Crippen LogP contribution is -2.34. The number of anilines is 3. The van der Waals surface area contributed by atoms with E-state index in [0.29, 0.717) is 33.2 Å². The number of rotatable bonds is 4. The van der Waals surface area contributed by atoms with Crippen LogP contribution in [0.3, 0.4) is 0 Å². The van der Waals surface area contributed by atoms with Crippen molar-refractivity contribution in [2.45, 2.75) is 26.2 Å². The largest absolute Gasteiger partial charge is 0.397 e. The molecule has 34 heavy (non-hydrogen) atoms. The van der Waals surface area contributed by atoms with Gasteiger partial charge in [-0.3, -0.25) is 14.9 Å². The van der Waals surface area contributed by atoms with E-state index in [9.17, 15) is 9.59 Å². The summed E-state index contributed by atoms with van der Waals surface area (Å²) in [5, 5.41) is 8.80. The molecule has 6 nitrogen and oxygen atoms in total. The molecule has 0 spiro atoms. The van der Waals surface area contributed by atoms with Crippen LogP contribution in [0.5, 0.6) is 0 Å². The molecule has 9 heteroatoms. The number of nitrogens with one attached hydrogen (secondary N) is 3. The number of benzene rings is 3. The van der Waals surface area contributed by atoms with Gasteiger partial charge in [-0.15, -0.1) is 12.4 Å². The molecule has 2 amide bonds. The summed E-state index contributed by atoms with van der Waals surface area (Å²) in [4.78, 5) is 24.9. The predicted molar refractivity (Wildman–Crippen MR) is 146 cm³/mol. The number of carbonyl (C=O) groups is 2. The third-order valence-electron chi connectivity index (χ3n) is 4.92. The fourth-order valence-corrected chi connectivity index (χ4v) is 3.48. The summed E-state index contributed by atoms with van der Waals surface area (Å²) in [6.07, 6.45) is 0. The molecule has 0 fully saturated rings. The van der Waals surface area contributed by atoms with Crippen LogP contribution in [-0.2, 0) is 5.41 Å². The molecule has 0 radical (unpaired) electrons. The van der Waals surface area contributed by atoms with Gasteiger partial charge < -0.3 is 16.4 Å². The molecule has 0 heterocycles. The van der Waals surface area contributed by atoms with Crippen LogP contribution in [0.2, 0.25) is 5.02 Å². The fourth-order valence-electron chi connectivity index (χ4n) is 3.05. The van der Waals surface area contributed by atoms with Gasteiger partial charge in [0.1, 0.15) is 0 Å². The normalized spacial score (nSPS) is 10.6. The summed E-state index contributed by atoms with van der Waals surface area (Å²) >= 11 is 11.3. The zero-order valence-electron chi connectivity index (χ0n) is 18.9. The first-order valence-corrected chi connectivity index (χ1v) is 11.0. The summed E-state index contributed by atoms with van der Waals surface area (Å²) in [6.45, 7) is 6.33. The van der Waals surface area contributed by atoms with Crippen LogP contribution in [0.1, 0.15) is 47.1 Å². The van der Waals surface area contributed by atoms with E-state index in [2.05, 4.69) is 36.7 Å². The minimum Gasteiger partial charge on any atom is -0.397 e. The van der Waals surface area contributed by atoms with E-state index >= 15 is 0 Å². The number of hydrogen-bond acceptors (Lipinski definition) is 4. The Kier molecular flexibility index (Phi) is 9.04. The Morgan fingerprint density at radius 3 is 2.15 bits per heavy atom. The van der Waals surface area contributed by atoms with Crippen molar-refractivity contribution in [3.05, 3.63) is 88.4 Å². The Labute approximate surface area is 215 Å². The maximum Gasteiger partial charge on any atom is 0.257 e. The number of nitrogens with two attached hydrogens (primary N) is 1. The van der Waals surface area contributed by atoms with Crippen LogP contribution in [-0.4, -0.2) is 16.9 Å². The van der Waals surface area contributed by atoms with Crippen molar-refractivity contribution in [1.29, 1.82) is 0 Å². The predicted octanol–water partition coefficient (Wildman–Crippen LogP) is 6.02. The molecule has 0 aromatic heterocycles. The second kappa shape index (κ2) is 11.3. The highest BCUT2D eigenvalue weighted by atomic mass is 35.5. The third-order valence-corrected chi connectivity index (χ3v) is 5.45. The van der Waals surface area contributed by atoms with Gasteiger partial charge in [-0.25, -0.2) is 0 Å². The van der Waals surface area contributed by atoms with Crippen LogP contribution >= 0.6 is 36.2 Å². The van der Waals surface area contributed by atoms with E-state index in [0.717, 1.165) is 5.56 Å². The highest BCUT2D eigenvalue weighted by Gasteiger charge is 2.15. The smallest absolute Gasteiger partial charge is 0.257 e. The Hall–Kier alpha value is -3.13. The first kappa shape index (κ1) is 27.1. The van der Waals surface area contributed by atoms with Crippen molar-refractivity contribution in [3.63, 3.8) is 0 Å². The minimum atomic E-state index is -0.367. The molecule has 0 bridgehead atoms. The fraction of sp³-hybridized carbons (Fsp3) is 0.160. The second-order valence-corrected chi connectivity index (χ2v) is 9.29. The van der Waals surface area contributed by atoms with Gasteiger partial charge >= 0.3 is 0 Å². The molecule has 0 aliphatic rings. The lowest BCUT2D eigenvalue weighted by Gasteiger charge is -2.19. The molecule has 0 saturated carbocycles. The van der Waals surface area contributed by atoms with Gasteiger partial charge in [-0.2, -0.15) is 0 Å². The maximum atomic E-state index is 12.5. The summed E-state index contributed by atoms with van der Waals surface area (Å²) in [7, 11) is 0. The molecular weight excluding hydrogens is 491 g/mol. The second-order valence-electron chi connectivity index (χ2n) is 8.47. The molecule has 3 rings (SSSR count). The van der Waals surface area contributed by atoms with E-state index in [1.54, 1.807) is 54.6 Å². The van der Waals surface area contributed by atoms with Gasteiger partial charge in [0.2, 0.25) is 0 Å². The van der Waals surface area contributed by atoms with Gasteiger partial charge in [-0.1, -0.05) is 56.6 Å². The lowest BCUT2D eigenvalue weighted by atomic mass is 9.87. The quantitative estimate of drug-likeness (QED) is 0.251. The highest BCUT2D eigenvalue weighted by Crippen LogP contribution is 2.25. The Balaban J connectivity index is 0.00000408. The molecule has 5 N–H and O–H groups in total. The topological polar surface area (TPSA) is 96.2 Å². The zero-order chi connectivity index (χ0) is 24.2. The highest BCUT2D eigenvalue weighted by molar-refractivity contribution is 7.80. The number of halogens is 2. The standard InChI is InChI=1S/C25H25ClN4O2S.ClH/c1-25(2,3)16-10-8-15(9-11-16)22(31)30-24(33)28-17-12-13-21(20(27)14-17)29-23(32)18-6-4-5-7-19(18)26;/h4-14H,27H2,1-3H3,(H,29,32)(H2,28,30,31,33);1H. The van der Waals surface area contributed by atoms with Crippen LogP contribution in [0.25, 0.3) is 0 Å². The Morgan fingerprint density at radius 2 is 1.56 bits per heavy atom. The molecule has 0 aliphatic carbocycles. The van der Waals surface area contributed by atoms with Crippen LogP contribution < -0.4 is 21.7 Å². The van der Waals surface area contributed by atoms with Gasteiger partial charge in [0, 0.05) is 11.3 Å². The van der Waals surface area contributed by atoms with Crippen molar-refractivity contribution in [2.75, 3.05) is 16.4 Å². The average Bonchev–Trinajstić information content (AvgIpc) is 2.75. The van der Waals surface area contributed by atoms with Crippen LogP contribution in [0.15, 0.2) is 66.7 Å².